The topological polar surface area (TPSA) is 60.0 Å². The number of hydrogen-bond acceptors (Lipinski definition) is 5. The van der Waals surface area contributed by atoms with Crippen molar-refractivity contribution in [3.63, 3.8) is 0 Å². The van der Waals surface area contributed by atoms with E-state index in [9.17, 15) is 4.79 Å². The van der Waals surface area contributed by atoms with E-state index in [4.69, 9.17) is 14.2 Å². The van der Waals surface area contributed by atoms with Crippen LogP contribution in [0.2, 0.25) is 0 Å². The summed E-state index contributed by atoms with van der Waals surface area (Å²) in [4.78, 5) is 15.4. The van der Waals surface area contributed by atoms with Crippen molar-refractivity contribution in [1.29, 1.82) is 0 Å². The summed E-state index contributed by atoms with van der Waals surface area (Å²) in [6, 6.07) is 14.6. The molecule has 2 aliphatic heterocycles. The summed E-state index contributed by atoms with van der Waals surface area (Å²) in [5, 5.41) is 3.25. The zero-order valence-electron chi connectivity index (χ0n) is 21.5. The van der Waals surface area contributed by atoms with Crippen molar-refractivity contribution in [2.75, 3.05) is 40.0 Å². The van der Waals surface area contributed by atoms with Crippen LogP contribution in [-0.2, 0) is 28.7 Å². The third-order valence-corrected chi connectivity index (χ3v) is 8.00. The molecule has 2 saturated heterocycles. The fourth-order valence-electron chi connectivity index (χ4n) is 5.68. The lowest BCUT2D eigenvalue weighted by Gasteiger charge is -2.31. The molecule has 3 aliphatic rings. The van der Waals surface area contributed by atoms with Crippen LogP contribution in [0.1, 0.15) is 59.2 Å². The number of nitrogens with one attached hydrogen (secondary N) is 1. The Morgan fingerprint density at radius 3 is 2.64 bits per heavy atom. The zero-order chi connectivity index (χ0) is 24.7. The highest BCUT2D eigenvalue weighted by Crippen LogP contribution is 2.24. The fourth-order valence-corrected chi connectivity index (χ4v) is 5.68. The van der Waals surface area contributed by atoms with Crippen molar-refractivity contribution in [2.45, 2.75) is 69.6 Å². The molecular formula is C30H40N2O4. The first kappa shape index (κ1) is 25.2. The Morgan fingerprint density at radius 1 is 1.06 bits per heavy atom. The molecule has 194 valence electrons. The number of carbonyl (C=O) groups is 1. The first-order valence-electron chi connectivity index (χ1n) is 13.7. The molecule has 0 unspecified atom stereocenters. The first-order chi connectivity index (χ1) is 17.7. The van der Waals surface area contributed by atoms with Gasteiger partial charge in [-0.15, -0.1) is 0 Å². The third-order valence-electron chi connectivity index (χ3n) is 8.00. The zero-order valence-corrected chi connectivity index (χ0v) is 21.5. The molecule has 2 fully saturated rings. The molecule has 0 bridgehead atoms. The minimum atomic E-state index is -0.0111. The molecule has 0 aromatic heterocycles. The second kappa shape index (κ2) is 12.2. The third kappa shape index (κ3) is 6.67. The molecule has 5 rings (SSSR count). The lowest BCUT2D eigenvalue weighted by Crippen LogP contribution is -2.39. The van der Waals surface area contributed by atoms with E-state index in [0.717, 1.165) is 83.4 Å². The highest BCUT2D eigenvalue weighted by Gasteiger charge is 2.22. The minimum Gasteiger partial charge on any atom is -0.491 e. The van der Waals surface area contributed by atoms with Crippen molar-refractivity contribution < 1.29 is 19.0 Å². The summed E-state index contributed by atoms with van der Waals surface area (Å²) in [5.41, 5.74) is 4.92. The lowest BCUT2D eigenvalue weighted by molar-refractivity contribution is 0.0415. The van der Waals surface area contributed by atoms with E-state index in [1.54, 1.807) is 0 Å². The van der Waals surface area contributed by atoms with Crippen LogP contribution in [0.5, 0.6) is 5.75 Å². The van der Waals surface area contributed by atoms with Crippen LogP contribution in [0.3, 0.4) is 0 Å². The predicted molar refractivity (Wildman–Crippen MR) is 141 cm³/mol. The summed E-state index contributed by atoms with van der Waals surface area (Å²) >= 11 is 0. The lowest BCUT2D eigenvalue weighted by atomic mass is 9.86. The standard InChI is InChI=1S/C30H40N2O4/c1-34-27-13-16-32(17-14-27)15-12-22-4-5-25-20-26(9-6-24(25)19-22)31-30(33)23-7-10-28(11-8-23)36-21-29-3-2-18-35-29/h4-5,7-8,10-11,19,26-27,29H,2-3,6,9,12-18,20-21H2,1H3,(H,31,33)/t26-,29-/m0/s1. The second-order valence-corrected chi connectivity index (χ2v) is 10.5. The largest absolute Gasteiger partial charge is 0.491 e. The van der Waals surface area contributed by atoms with E-state index in [1.165, 1.54) is 16.7 Å². The van der Waals surface area contributed by atoms with E-state index in [-0.39, 0.29) is 18.1 Å². The van der Waals surface area contributed by atoms with Gasteiger partial charge in [0.2, 0.25) is 0 Å². The van der Waals surface area contributed by atoms with Crippen LogP contribution in [0, 0.1) is 0 Å². The van der Waals surface area contributed by atoms with Crippen LogP contribution in [0.15, 0.2) is 42.5 Å². The Kier molecular flexibility index (Phi) is 8.57. The number of benzene rings is 2. The van der Waals surface area contributed by atoms with E-state index in [1.807, 2.05) is 31.4 Å². The van der Waals surface area contributed by atoms with E-state index >= 15 is 0 Å². The second-order valence-electron chi connectivity index (χ2n) is 10.5. The molecular weight excluding hydrogens is 452 g/mol. The summed E-state index contributed by atoms with van der Waals surface area (Å²) in [6.45, 7) is 4.79. The maximum Gasteiger partial charge on any atom is 0.251 e. The van der Waals surface area contributed by atoms with Gasteiger partial charge in [0, 0.05) is 45.0 Å². The smallest absolute Gasteiger partial charge is 0.251 e. The van der Waals surface area contributed by atoms with Crippen molar-refractivity contribution in [2.24, 2.45) is 0 Å². The van der Waals surface area contributed by atoms with Gasteiger partial charge in [0.1, 0.15) is 12.4 Å². The molecule has 6 heteroatoms. The van der Waals surface area contributed by atoms with E-state index in [2.05, 4.69) is 28.4 Å². The van der Waals surface area contributed by atoms with Crippen LogP contribution in [-0.4, -0.2) is 69.0 Å². The van der Waals surface area contributed by atoms with E-state index < -0.39 is 0 Å². The number of aryl methyl sites for hydroxylation is 1. The maximum atomic E-state index is 12.8. The van der Waals surface area contributed by atoms with Gasteiger partial charge < -0.3 is 24.4 Å². The molecule has 0 radical (unpaired) electrons. The van der Waals surface area contributed by atoms with Crippen molar-refractivity contribution in [1.82, 2.24) is 10.2 Å². The normalized spacial score (nSPS) is 22.8. The summed E-state index contributed by atoms with van der Waals surface area (Å²) in [7, 11) is 1.82. The van der Waals surface area contributed by atoms with Crippen LogP contribution >= 0.6 is 0 Å². The molecule has 2 heterocycles. The summed E-state index contributed by atoms with van der Waals surface area (Å²) in [6.07, 6.45) is 9.06. The molecule has 0 saturated carbocycles. The Hall–Kier alpha value is -2.41. The number of rotatable bonds is 9. The predicted octanol–water partition coefficient (Wildman–Crippen LogP) is 4.19. The number of methoxy groups -OCH3 is 1. The molecule has 36 heavy (non-hydrogen) atoms. The number of amides is 1. The highest BCUT2D eigenvalue weighted by atomic mass is 16.5. The summed E-state index contributed by atoms with van der Waals surface area (Å²) < 4.78 is 16.9. The molecule has 2 aromatic rings. The molecule has 2 atom stereocenters. The molecule has 1 N–H and O–H groups in total. The van der Waals surface area contributed by atoms with Gasteiger partial charge in [0.05, 0.1) is 12.2 Å². The van der Waals surface area contributed by atoms with Crippen LogP contribution in [0.25, 0.3) is 0 Å². The van der Waals surface area contributed by atoms with Gasteiger partial charge in [-0.3, -0.25) is 4.79 Å². The van der Waals surface area contributed by atoms with Crippen molar-refractivity contribution in [3.8, 4) is 5.75 Å². The number of fused-ring (bicyclic) bond motifs is 1. The minimum absolute atomic E-state index is 0.0111. The van der Waals surface area contributed by atoms with Gasteiger partial charge >= 0.3 is 0 Å². The average Bonchev–Trinajstić information content (AvgIpc) is 3.45. The van der Waals surface area contributed by atoms with Crippen molar-refractivity contribution in [3.05, 3.63) is 64.7 Å². The maximum absolute atomic E-state index is 12.8. The molecule has 1 aliphatic carbocycles. The van der Waals surface area contributed by atoms with Gasteiger partial charge in [-0.1, -0.05) is 18.2 Å². The monoisotopic (exact) mass is 492 g/mol. The first-order valence-corrected chi connectivity index (χ1v) is 13.7. The fraction of sp³-hybridized carbons (Fsp3) is 0.567. The Bertz CT molecular complexity index is 995. The Morgan fingerprint density at radius 2 is 1.89 bits per heavy atom. The summed E-state index contributed by atoms with van der Waals surface area (Å²) in [5.74, 6) is 0.770. The number of ether oxygens (including phenoxy) is 3. The average molecular weight is 493 g/mol. The SMILES string of the molecule is COC1CCN(CCc2ccc3c(c2)CC[C@H](NC(=O)c2ccc(OC[C@@H]4CCCO4)cc2)C3)CC1. The molecule has 0 spiro atoms. The van der Waals surface area contributed by atoms with Gasteiger partial charge in [-0.25, -0.2) is 0 Å². The number of hydrogen-bond donors (Lipinski definition) is 1. The number of nitrogens with zero attached hydrogens (tertiary/aromatic N) is 1. The van der Waals surface area contributed by atoms with Gasteiger partial charge in [-0.2, -0.15) is 0 Å². The molecule has 2 aromatic carbocycles. The van der Waals surface area contributed by atoms with Gasteiger partial charge in [0.25, 0.3) is 5.91 Å². The van der Waals surface area contributed by atoms with E-state index in [0.29, 0.717) is 18.3 Å². The highest BCUT2D eigenvalue weighted by molar-refractivity contribution is 5.94. The van der Waals surface area contributed by atoms with Crippen molar-refractivity contribution >= 4 is 5.91 Å². The quantitative estimate of drug-likeness (QED) is 0.569. The number of likely N-dealkylation sites (tertiary alicyclic amines) is 1. The van der Waals surface area contributed by atoms with Crippen LogP contribution < -0.4 is 10.1 Å². The number of piperidine rings is 1. The van der Waals surface area contributed by atoms with Gasteiger partial charge in [-0.05, 0) is 92.3 Å². The Balaban J connectivity index is 1.07. The van der Waals surface area contributed by atoms with Crippen LogP contribution in [0.4, 0.5) is 0 Å². The number of carbonyl (C=O) groups excluding carboxylic acids is 1. The molecule has 1 amide bonds. The Labute approximate surface area is 215 Å². The van der Waals surface area contributed by atoms with Gasteiger partial charge in [0.15, 0.2) is 0 Å². The molecule has 6 nitrogen and oxygen atoms in total.